The average Bonchev–Trinajstić information content (AvgIpc) is 3.19. The van der Waals surface area contributed by atoms with Crippen LogP contribution in [0.5, 0.6) is 0 Å². The molecule has 1 N–H and O–H groups in total. The molecule has 0 aromatic rings. The molecule has 3 unspecified atom stereocenters. The normalized spacial score (nSPS) is 29.3. The van der Waals surface area contributed by atoms with E-state index in [9.17, 15) is 9.59 Å². The van der Waals surface area contributed by atoms with Crippen molar-refractivity contribution in [1.29, 1.82) is 0 Å². The SMILES string of the molecule is CCCC1NC(=O)C(C(C)CC)N(CC2CC2)C1=O. The Balaban J connectivity index is 2.16. The van der Waals surface area contributed by atoms with Crippen LogP contribution in [0, 0.1) is 11.8 Å². The van der Waals surface area contributed by atoms with Crippen LogP contribution in [-0.2, 0) is 9.59 Å². The van der Waals surface area contributed by atoms with Gasteiger partial charge in [0.25, 0.3) is 0 Å². The molecule has 0 spiro atoms. The minimum atomic E-state index is -0.295. The van der Waals surface area contributed by atoms with Gasteiger partial charge in [-0.05, 0) is 31.1 Å². The van der Waals surface area contributed by atoms with Gasteiger partial charge in [0.05, 0.1) is 0 Å². The number of nitrogens with zero attached hydrogens (tertiary/aromatic N) is 1. The number of nitrogens with one attached hydrogen (secondary N) is 1. The molecular formula is C15H26N2O2. The van der Waals surface area contributed by atoms with E-state index < -0.39 is 0 Å². The van der Waals surface area contributed by atoms with Crippen molar-refractivity contribution in [3.8, 4) is 0 Å². The van der Waals surface area contributed by atoms with Crippen LogP contribution < -0.4 is 5.32 Å². The van der Waals surface area contributed by atoms with E-state index in [1.807, 2.05) is 11.8 Å². The van der Waals surface area contributed by atoms with E-state index in [1.54, 1.807) is 0 Å². The van der Waals surface area contributed by atoms with Gasteiger partial charge in [-0.3, -0.25) is 9.59 Å². The third-order valence-electron chi connectivity index (χ3n) is 4.41. The first kappa shape index (κ1) is 14.4. The van der Waals surface area contributed by atoms with Crippen molar-refractivity contribution in [2.75, 3.05) is 6.54 Å². The molecule has 0 aromatic heterocycles. The number of carbonyl (C=O) groups excluding carboxylic acids is 2. The standard InChI is InChI=1S/C15H26N2O2/c1-4-6-12-15(19)17(9-11-7-8-11)13(10(3)5-2)14(18)16-12/h10-13H,4-9H2,1-3H3,(H,16,18). The van der Waals surface area contributed by atoms with Gasteiger partial charge in [-0.15, -0.1) is 0 Å². The maximum absolute atomic E-state index is 12.6. The average molecular weight is 266 g/mol. The minimum Gasteiger partial charge on any atom is -0.342 e. The first-order valence-electron chi connectivity index (χ1n) is 7.69. The molecule has 1 heterocycles. The van der Waals surface area contributed by atoms with Crippen LogP contribution in [0.25, 0.3) is 0 Å². The molecule has 19 heavy (non-hydrogen) atoms. The van der Waals surface area contributed by atoms with E-state index in [1.165, 1.54) is 12.8 Å². The fourth-order valence-corrected chi connectivity index (χ4v) is 2.85. The predicted octanol–water partition coefficient (Wildman–Crippen LogP) is 1.94. The monoisotopic (exact) mass is 266 g/mol. The van der Waals surface area contributed by atoms with Crippen LogP contribution in [0.2, 0.25) is 0 Å². The van der Waals surface area contributed by atoms with E-state index in [0.29, 0.717) is 5.92 Å². The van der Waals surface area contributed by atoms with Gasteiger partial charge in [-0.25, -0.2) is 0 Å². The van der Waals surface area contributed by atoms with Crippen molar-refractivity contribution in [2.45, 2.75) is 65.0 Å². The summed E-state index contributed by atoms with van der Waals surface area (Å²) in [5.41, 5.74) is 0. The molecule has 0 radical (unpaired) electrons. The molecule has 0 bridgehead atoms. The molecular weight excluding hydrogens is 240 g/mol. The van der Waals surface area contributed by atoms with Crippen LogP contribution in [-0.4, -0.2) is 35.3 Å². The summed E-state index contributed by atoms with van der Waals surface area (Å²) < 4.78 is 0. The molecule has 3 atom stereocenters. The zero-order valence-electron chi connectivity index (χ0n) is 12.3. The zero-order chi connectivity index (χ0) is 14.0. The highest BCUT2D eigenvalue weighted by Crippen LogP contribution is 2.32. The first-order chi connectivity index (χ1) is 9.08. The summed E-state index contributed by atoms with van der Waals surface area (Å²) in [5.74, 6) is 1.04. The lowest BCUT2D eigenvalue weighted by molar-refractivity contribution is -0.152. The van der Waals surface area contributed by atoms with E-state index >= 15 is 0 Å². The summed E-state index contributed by atoms with van der Waals surface area (Å²) in [6.07, 6.45) is 5.00. The van der Waals surface area contributed by atoms with Crippen LogP contribution in [0.3, 0.4) is 0 Å². The molecule has 1 aliphatic carbocycles. The highest BCUT2D eigenvalue weighted by atomic mass is 16.2. The summed E-state index contributed by atoms with van der Waals surface area (Å²) in [4.78, 5) is 26.8. The molecule has 2 amide bonds. The smallest absolute Gasteiger partial charge is 0.245 e. The fourth-order valence-electron chi connectivity index (χ4n) is 2.85. The van der Waals surface area contributed by atoms with Crippen LogP contribution in [0.15, 0.2) is 0 Å². The Kier molecular flexibility index (Phi) is 4.48. The maximum Gasteiger partial charge on any atom is 0.245 e. The summed E-state index contributed by atoms with van der Waals surface area (Å²) in [5, 5.41) is 2.93. The fraction of sp³-hybridized carbons (Fsp3) is 0.867. The highest BCUT2D eigenvalue weighted by Gasteiger charge is 2.43. The summed E-state index contributed by atoms with van der Waals surface area (Å²) in [6, 6.07) is -0.553. The Morgan fingerprint density at radius 2 is 2.00 bits per heavy atom. The first-order valence-corrected chi connectivity index (χ1v) is 7.69. The van der Waals surface area contributed by atoms with Crippen molar-refractivity contribution < 1.29 is 9.59 Å². The summed E-state index contributed by atoms with van der Waals surface area (Å²) >= 11 is 0. The van der Waals surface area contributed by atoms with Gasteiger partial charge in [0.1, 0.15) is 12.1 Å². The number of piperazine rings is 1. The molecule has 1 saturated carbocycles. The Bertz CT molecular complexity index is 352. The molecule has 0 aromatic carbocycles. The molecule has 2 aliphatic rings. The Morgan fingerprint density at radius 1 is 1.32 bits per heavy atom. The second-order valence-electron chi connectivity index (χ2n) is 6.11. The molecule has 2 rings (SSSR count). The maximum atomic E-state index is 12.6. The van der Waals surface area contributed by atoms with E-state index in [0.717, 1.165) is 25.8 Å². The van der Waals surface area contributed by atoms with Gasteiger partial charge in [0.15, 0.2) is 0 Å². The molecule has 4 heteroatoms. The van der Waals surface area contributed by atoms with Gasteiger partial charge in [0.2, 0.25) is 11.8 Å². The van der Waals surface area contributed by atoms with Crippen LogP contribution in [0.1, 0.15) is 52.9 Å². The predicted molar refractivity (Wildman–Crippen MR) is 74.5 cm³/mol. The third-order valence-corrected chi connectivity index (χ3v) is 4.41. The molecule has 1 aliphatic heterocycles. The van der Waals surface area contributed by atoms with E-state index in [2.05, 4.69) is 19.2 Å². The zero-order valence-corrected chi connectivity index (χ0v) is 12.3. The van der Waals surface area contributed by atoms with Crippen molar-refractivity contribution in [1.82, 2.24) is 10.2 Å². The van der Waals surface area contributed by atoms with Gasteiger partial charge >= 0.3 is 0 Å². The minimum absolute atomic E-state index is 0.0491. The Labute approximate surface area is 115 Å². The lowest BCUT2D eigenvalue weighted by Crippen LogP contribution is -2.65. The van der Waals surface area contributed by atoms with Crippen molar-refractivity contribution >= 4 is 11.8 Å². The second kappa shape index (κ2) is 5.93. The number of rotatable bonds is 6. The summed E-state index contributed by atoms with van der Waals surface area (Å²) in [6.45, 7) is 6.97. The summed E-state index contributed by atoms with van der Waals surface area (Å²) in [7, 11) is 0. The van der Waals surface area contributed by atoms with Crippen LogP contribution >= 0.6 is 0 Å². The van der Waals surface area contributed by atoms with Crippen LogP contribution in [0.4, 0.5) is 0 Å². The molecule has 1 saturated heterocycles. The van der Waals surface area contributed by atoms with E-state index in [-0.39, 0.29) is 29.8 Å². The van der Waals surface area contributed by atoms with Gasteiger partial charge in [-0.2, -0.15) is 0 Å². The van der Waals surface area contributed by atoms with Gasteiger partial charge < -0.3 is 10.2 Å². The van der Waals surface area contributed by atoms with Crippen molar-refractivity contribution in [3.63, 3.8) is 0 Å². The lowest BCUT2D eigenvalue weighted by atomic mass is 9.92. The van der Waals surface area contributed by atoms with Crippen molar-refractivity contribution in [2.24, 2.45) is 11.8 Å². The third kappa shape index (κ3) is 3.10. The van der Waals surface area contributed by atoms with Crippen molar-refractivity contribution in [3.05, 3.63) is 0 Å². The molecule has 2 fully saturated rings. The molecule has 108 valence electrons. The number of hydrogen-bond acceptors (Lipinski definition) is 2. The van der Waals surface area contributed by atoms with Gasteiger partial charge in [0, 0.05) is 6.54 Å². The molecule has 4 nitrogen and oxygen atoms in total. The topological polar surface area (TPSA) is 49.4 Å². The quantitative estimate of drug-likeness (QED) is 0.798. The Morgan fingerprint density at radius 3 is 2.53 bits per heavy atom. The highest BCUT2D eigenvalue weighted by molar-refractivity contribution is 5.97. The lowest BCUT2D eigenvalue weighted by Gasteiger charge is -2.41. The Hall–Kier alpha value is -1.06. The second-order valence-corrected chi connectivity index (χ2v) is 6.11. The number of hydrogen-bond donors (Lipinski definition) is 1. The number of carbonyl (C=O) groups is 2. The number of amides is 2. The van der Waals surface area contributed by atoms with Gasteiger partial charge in [-0.1, -0.05) is 33.6 Å². The largest absolute Gasteiger partial charge is 0.342 e. The van der Waals surface area contributed by atoms with E-state index in [4.69, 9.17) is 0 Å².